The average Bonchev–Trinajstić information content (AvgIpc) is 2.35. The highest BCUT2D eigenvalue weighted by molar-refractivity contribution is 5.51. The highest BCUT2D eigenvalue weighted by Gasteiger charge is 2.08. The fourth-order valence-corrected chi connectivity index (χ4v) is 1.69. The Labute approximate surface area is 101 Å². The van der Waals surface area contributed by atoms with E-state index in [9.17, 15) is 4.39 Å². The monoisotopic (exact) mass is 230 g/mol. The lowest BCUT2D eigenvalue weighted by Gasteiger charge is -2.16. The van der Waals surface area contributed by atoms with Gasteiger partial charge in [-0.05, 0) is 43.7 Å². The molecule has 1 unspecified atom stereocenters. The van der Waals surface area contributed by atoms with Gasteiger partial charge < -0.3 is 5.32 Å². The Morgan fingerprint density at radius 3 is 2.76 bits per heavy atom. The topological polar surface area (TPSA) is 24.9 Å². The number of benzene rings is 1. The summed E-state index contributed by atoms with van der Waals surface area (Å²) in [6.07, 6.45) is 1.76. The molecule has 88 valence electrons. The fourth-order valence-electron chi connectivity index (χ4n) is 1.69. The summed E-state index contributed by atoms with van der Waals surface area (Å²) in [6.45, 7) is 3.96. The Kier molecular flexibility index (Phi) is 3.38. The molecule has 0 saturated carbocycles. The van der Waals surface area contributed by atoms with Gasteiger partial charge in [-0.2, -0.15) is 0 Å². The number of aromatic nitrogens is 1. The number of aryl methyl sites for hydroxylation is 1. The quantitative estimate of drug-likeness (QED) is 0.869. The van der Waals surface area contributed by atoms with Gasteiger partial charge in [0.25, 0.3) is 0 Å². The van der Waals surface area contributed by atoms with Crippen LogP contribution in [0.5, 0.6) is 0 Å². The van der Waals surface area contributed by atoms with Crippen LogP contribution in [0.4, 0.5) is 10.1 Å². The maximum absolute atomic E-state index is 13.1. The average molecular weight is 230 g/mol. The van der Waals surface area contributed by atoms with E-state index >= 15 is 0 Å². The standard InChI is InChI=1S/C14H15FN2/c1-10-6-7-12(15)9-14(10)17-11(2)13-5-3-4-8-16-13/h3-9,11,17H,1-2H3. The van der Waals surface area contributed by atoms with Crippen molar-refractivity contribution in [3.63, 3.8) is 0 Å². The third kappa shape index (κ3) is 2.81. The maximum atomic E-state index is 13.1. The Hall–Kier alpha value is -1.90. The molecule has 2 aromatic rings. The lowest BCUT2D eigenvalue weighted by Crippen LogP contribution is -2.09. The molecule has 1 atom stereocenters. The summed E-state index contributed by atoms with van der Waals surface area (Å²) in [5.74, 6) is -0.230. The van der Waals surface area contributed by atoms with Crippen molar-refractivity contribution >= 4 is 5.69 Å². The summed E-state index contributed by atoms with van der Waals surface area (Å²) < 4.78 is 13.1. The first kappa shape index (κ1) is 11.6. The lowest BCUT2D eigenvalue weighted by atomic mass is 10.1. The minimum atomic E-state index is -0.230. The van der Waals surface area contributed by atoms with Crippen LogP contribution in [-0.2, 0) is 0 Å². The van der Waals surface area contributed by atoms with Gasteiger partial charge in [-0.15, -0.1) is 0 Å². The zero-order valence-electron chi connectivity index (χ0n) is 9.94. The van der Waals surface area contributed by atoms with Crippen molar-refractivity contribution in [1.82, 2.24) is 4.98 Å². The number of rotatable bonds is 3. The van der Waals surface area contributed by atoms with E-state index in [1.165, 1.54) is 12.1 Å². The molecule has 17 heavy (non-hydrogen) atoms. The van der Waals surface area contributed by atoms with Crippen molar-refractivity contribution in [1.29, 1.82) is 0 Å². The molecule has 2 nitrogen and oxygen atoms in total. The molecule has 0 spiro atoms. The van der Waals surface area contributed by atoms with Crippen molar-refractivity contribution in [2.24, 2.45) is 0 Å². The molecule has 0 aliphatic heterocycles. The number of nitrogens with zero attached hydrogens (tertiary/aromatic N) is 1. The summed E-state index contributed by atoms with van der Waals surface area (Å²) in [5.41, 5.74) is 2.77. The van der Waals surface area contributed by atoms with Gasteiger partial charge in [0.1, 0.15) is 5.82 Å². The first-order chi connectivity index (χ1) is 8.16. The number of nitrogens with one attached hydrogen (secondary N) is 1. The Balaban J connectivity index is 2.18. The van der Waals surface area contributed by atoms with E-state index in [1.807, 2.05) is 32.0 Å². The molecule has 0 aliphatic rings. The first-order valence-corrected chi connectivity index (χ1v) is 5.60. The molecule has 3 heteroatoms. The van der Waals surface area contributed by atoms with Crippen LogP contribution in [0.25, 0.3) is 0 Å². The van der Waals surface area contributed by atoms with E-state index in [0.717, 1.165) is 16.9 Å². The van der Waals surface area contributed by atoms with Gasteiger partial charge in [0.2, 0.25) is 0 Å². The molecule has 1 aromatic carbocycles. The zero-order valence-corrected chi connectivity index (χ0v) is 9.94. The Bertz CT molecular complexity index is 497. The van der Waals surface area contributed by atoms with Crippen molar-refractivity contribution in [3.8, 4) is 0 Å². The smallest absolute Gasteiger partial charge is 0.125 e. The molecule has 0 bridgehead atoms. The van der Waals surface area contributed by atoms with Crippen LogP contribution < -0.4 is 5.32 Å². The van der Waals surface area contributed by atoms with Gasteiger partial charge in [0.15, 0.2) is 0 Å². The summed E-state index contributed by atoms with van der Waals surface area (Å²) in [5, 5.41) is 3.26. The molecule has 0 fully saturated rings. The maximum Gasteiger partial charge on any atom is 0.125 e. The van der Waals surface area contributed by atoms with Gasteiger partial charge in [-0.25, -0.2) is 4.39 Å². The summed E-state index contributed by atoms with van der Waals surface area (Å²) in [4.78, 5) is 4.27. The predicted molar refractivity (Wildman–Crippen MR) is 67.4 cm³/mol. The van der Waals surface area contributed by atoms with E-state index in [1.54, 1.807) is 12.3 Å². The molecular formula is C14H15FN2. The molecule has 2 rings (SSSR count). The minimum absolute atomic E-state index is 0.0525. The molecule has 1 aromatic heterocycles. The van der Waals surface area contributed by atoms with Crippen molar-refractivity contribution in [3.05, 3.63) is 59.7 Å². The van der Waals surface area contributed by atoms with E-state index < -0.39 is 0 Å². The number of anilines is 1. The van der Waals surface area contributed by atoms with Gasteiger partial charge in [-0.3, -0.25) is 4.98 Å². The van der Waals surface area contributed by atoms with Gasteiger partial charge in [0.05, 0.1) is 11.7 Å². The highest BCUT2D eigenvalue weighted by Crippen LogP contribution is 2.21. The minimum Gasteiger partial charge on any atom is -0.377 e. The van der Waals surface area contributed by atoms with Crippen LogP contribution in [0.3, 0.4) is 0 Å². The first-order valence-electron chi connectivity index (χ1n) is 5.60. The third-order valence-electron chi connectivity index (χ3n) is 2.70. The summed E-state index contributed by atoms with van der Waals surface area (Å²) >= 11 is 0. The molecule has 1 N–H and O–H groups in total. The van der Waals surface area contributed by atoms with Crippen LogP contribution in [0.15, 0.2) is 42.6 Å². The van der Waals surface area contributed by atoms with E-state index in [2.05, 4.69) is 10.3 Å². The van der Waals surface area contributed by atoms with Crippen LogP contribution in [0.2, 0.25) is 0 Å². The SMILES string of the molecule is Cc1ccc(F)cc1NC(C)c1ccccn1. The zero-order chi connectivity index (χ0) is 12.3. The number of halogens is 1. The second kappa shape index (κ2) is 4.95. The molecular weight excluding hydrogens is 215 g/mol. The second-order valence-corrected chi connectivity index (χ2v) is 4.08. The van der Waals surface area contributed by atoms with Crippen LogP contribution in [0, 0.1) is 12.7 Å². The number of hydrogen-bond acceptors (Lipinski definition) is 2. The third-order valence-corrected chi connectivity index (χ3v) is 2.70. The summed E-state index contributed by atoms with van der Waals surface area (Å²) in [7, 11) is 0. The van der Waals surface area contributed by atoms with E-state index in [4.69, 9.17) is 0 Å². The van der Waals surface area contributed by atoms with Gasteiger partial charge >= 0.3 is 0 Å². The summed E-state index contributed by atoms with van der Waals surface area (Å²) in [6, 6.07) is 10.6. The van der Waals surface area contributed by atoms with Crippen molar-refractivity contribution in [2.75, 3.05) is 5.32 Å². The number of hydrogen-bond donors (Lipinski definition) is 1. The van der Waals surface area contributed by atoms with E-state index in [-0.39, 0.29) is 11.9 Å². The predicted octanol–water partition coefficient (Wildman–Crippen LogP) is 3.70. The molecule has 0 radical (unpaired) electrons. The Morgan fingerprint density at radius 1 is 1.24 bits per heavy atom. The number of pyridine rings is 1. The normalized spacial score (nSPS) is 12.2. The molecule has 0 saturated heterocycles. The van der Waals surface area contributed by atoms with Gasteiger partial charge in [0, 0.05) is 11.9 Å². The largest absolute Gasteiger partial charge is 0.377 e. The van der Waals surface area contributed by atoms with Crippen molar-refractivity contribution in [2.45, 2.75) is 19.9 Å². The second-order valence-electron chi connectivity index (χ2n) is 4.08. The molecule has 0 aliphatic carbocycles. The van der Waals surface area contributed by atoms with Crippen LogP contribution in [0.1, 0.15) is 24.2 Å². The van der Waals surface area contributed by atoms with E-state index in [0.29, 0.717) is 0 Å². The van der Waals surface area contributed by atoms with Gasteiger partial charge in [-0.1, -0.05) is 12.1 Å². The van der Waals surface area contributed by atoms with Crippen LogP contribution >= 0.6 is 0 Å². The molecule has 1 heterocycles. The van der Waals surface area contributed by atoms with Crippen LogP contribution in [-0.4, -0.2) is 4.98 Å². The highest BCUT2D eigenvalue weighted by atomic mass is 19.1. The van der Waals surface area contributed by atoms with Crippen molar-refractivity contribution < 1.29 is 4.39 Å². The fraction of sp³-hybridized carbons (Fsp3) is 0.214. The molecule has 0 amide bonds. The Morgan fingerprint density at radius 2 is 2.06 bits per heavy atom. The lowest BCUT2D eigenvalue weighted by molar-refractivity contribution is 0.627.